The molecule has 0 aliphatic carbocycles. The standard InChI is InChI=1S/C37H30F4N8O8S/c1-48-30-17-42-10-9-24(30)35(51)49(37(48)53)33-8-3-20(14-45-33)11-29(36(52)57-18-31(40)41)46-34(50)25-12-27(39)28(13-26(25)38)47-58(54,55)23-6-4-21(5-7-23)22-15-43-32(19-56-2)44-16-22/h3-10,12-17,29,31,47H,11,18-19H2,1-2H3,(H,46,50)/t29-/m0/s1. The number of pyridine rings is 2. The maximum absolute atomic E-state index is 15.3. The molecule has 1 amide bonds. The van der Waals surface area contributed by atoms with Gasteiger partial charge in [0, 0.05) is 57.0 Å². The van der Waals surface area contributed by atoms with Crippen molar-refractivity contribution in [2.75, 3.05) is 18.4 Å². The second-order valence-electron chi connectivity index (χ2n) is 12.4. The summed E-state index contributed by atoms with van der Waals surface area (Å²) in [7, 11) is -1.57. The van der Waals surface area contributed by atoms with Gasteiger partial charge in [-0.1, -0.05) is 18.2 Å². The number of methoxy groups -OCH3 is 1. The molecular weight excluding hydrogens is 793 g/mol. The first-order valence-electron chi connectivity index (χ1n) is 16.9. The van der Waals surface area contributed by atoms with Gasteiger partial charge >= 0.3 is 11.7 Å². The summed E-state index contributed by atoms with van der Waals surface area (Å²) < 4.78 is 96.1. The molecule has 0 saturated carbocycles. The maximum atomic E-state index is 15.3. The number of carbonyl (C=O) groups is 2. The van der Waals surface area contributed by atoms with Crippen molar-refractivity contribution < 1.29 is 45.0 Å². The van der Waals surface area contributed by atoms with Crippen LogP contribution >= 0.6 is 0 Å². The molecule has 0 saturated heterocycles. The van der Waals surface area contributed by atoms with Crippen LogP contribution in [0.4, 0.5) is 23.2 Å². The fourth-order valence-corrected chi connectivity index (χ4v) is 6.67. The third-order valence-corrected chi connectivity index (χ3v) is 9.90. The van der Waals surface area contributed by atoms with E-state index in [1.165, 1.54) is 86.0 Å². The van der Waals surface area contributed by atoms with Crippen LogP contribution in [0.1, 0.15) is 21.7 Å². The Labute approximate surface area is 325 Å². The average Bonchev–Trinajstić information content (AvgIpc) is 3.21. The fourth-order valence-electron chi connectivity index (χ4n) is 5.61. The van der Waals surface area contributed by atoms with Gasteiger partial charge in [-0.2, -0.15) is 0 Å². The molecule has 0 aliphatic rings. The van der Waals surface area contributed by atoms with Crippen LogP contribution in [0.5, 0.6) is 0 Å². The second-order valence-corrected chi connectivity index (χ2v) is 14.1. The van der Waals surface area contributed by atoms with E-state index < -0.39 is 81.5 Å². The fraction of sp³-hybridized carbons (Fsp3) is 0.189. The highest BCUT2D eigenvalue weighted by atomic mass is 32.2. The number of amides is 1. The smallest absolute Gasteiger partial charge is 0.337 e. The SMILES string of the molecule is COCc1ncc(-c2ccc(S(=O)(=O)Nc3cc(F)c(C(=O)N[C@@H](Cc4ccc(-n5c(=O)c6ccncc6n(C)c5=O)nc4)C(=O)OCC(F)F)cc3F)cc2)cn1. The van der Waals surface area contributed by atoms with E-state index in [-0.39, 0.29) is 33.8 Å². The Morgan fingerprint density at radius 1 is 0.897 bits per heavy atom. The highest BCUT2D eigenvalue weighted by Crippen LogP contribution is 2.25. The van der Waals surface area contributed by atoms with Crippen LogP contribution in [0.3, 0.4) is 0 Å². The summed E-state index contributed by atoms with van der Waals surface area (Å²) in [5.41, 5.74) is -1.69. The molecule has 0 spiro atoms. The molecule has 1 atom stereocenters. The number of sulfonamides is 1. The number of alkyl halides is 2. The van der Waals surface area contributed by atoms with Gasteiger partial charge in [-0.15, -0.1) is 0 Å². The maximum Gasteiger partial charge on any atom is 0.337 e. The number of esters is 1. The summed E-state index contributed by atoms with van der Waals surface area (Å²) in [6.07, 6.45) is 3.34. The molecule has 4 heterocycles. The van der Waals surface area contributed by atoms with Crippen LogP contribution in [0.15, 0.2) is 100 Å². The zero-order chi connectivity index (χ0) is 41.7. The van der Waals surface area contributed by atoms with E-state index >= 15 is 8.78 Å². The number of aryl methyl sites for hydroxylation is 1. The molecule has 58 heavy (non-hydrogen) atoms. The van der Waals surface area contributed by atoms with E-state index in [9.17, 15) is 36.4 Å². The third-order valence-electron chi connectivity index (χ3n) is 8.51. The van der Waals surface area contributed by atoms with Crippen LogP contribution in [0, 0.1) is 11.6 Å². The summed E-state index contributed by atoms with van der Waals surface area (Å²) >= 11 is 0. The van der Waals surface area contributed by atoms with Crippen molar-refractivity contribution in [3.05, 3.63) is 135 Å². The largest absolute Gasteiger partial charge is 0.458 e. The van der Waals surface area contributed by atoms with E-state index in [4.69, 9.17) is 4.74 Å². The van der Waals surface area contributed by atoms with Gasteiger partial charge in [-0.3, -0.25) is 23.9 Å². The topological polar surface area (TPSA) is 206 Å². The molecule has 0 radical (unpaired) electrons. The molecule has 4 aromatic heterocycles. The van der Waals surface area contributed by atoms with Gasteiger partial charge in [0.05, 0.1) is 33.2 Å². The molecular formula is C37H30F4N8O8S. The first-order chi connectivity index (χ1) is 27.7. The van der Waals surface area contributed by atoms with Gasteiger partial charge in [0.15, 0.2) is 12.4 Å². The van der Waals surface area contributed by atoms with Crippen molar-refractivity contribution in [2.45, 2.75) is 30.4 Å². The van der Waals surface area contributed by atoms with Crippen molar-refractivity contribution in [2.24, 2.45) is 7.05 Å². The minimum atomic E-state index is -4.49. The lowest BCUT2D eigenvalue weighted by Crippen LogP contribution is -2.44. The Hall–Kier alpha value is -6.87. The molecule has 6 aromatic rings. The number of anilines is 1. The van der Waals surface area contributed by atoms with Crippen molar-refractivity contribution in [1.82, 2.24) is 34.4 Å². The normalized spacial score (nSPS) is 12.1. The number of fused-ring (bicyclic) bond motifs is 1. The Morgan fingerprint density at radius 2 is 1.62 bits per heavy atom. The predicted octanol–water partition coefficient (Wildman–Crippen LogP) is 3.31. The van der Waals surface area contributed by atoms with E-state index in [1.807, 2.05) is 4.72 Å². The molecule has 300 valence electrons. The number of benzene rings is 2. The molecule has 0 fully saturated rings. The monoisotopic (exact) mass is 822 g/mol. The van der Waals surface area contributed by atoms with E-state index in [0.717, 1.165) is 10.8 Å². The summed E-state index contributed by atoms with van der Waals surface area (Å²) in [6.45, 7) is -1.15. The lowest BCUT2D eigenvalue weighted by molar-refractivity contribution is -0.149. The Bertz CT molecular complexity index is 2730. The molecule has 0 bridgehead atoms. The van der Waals surface area contributed by atoms with Crippen LogP contribution in [0.25, 0.3) is 27.8 Å². The first-order valence-corrected chi connectivity index (χ1v) is 18.3. The molecule has 6 rings (SSSR count). The molecule has 0 unspecified atom stereocenters. The summed E-state index contributed by atoms with van der Waals surface area (Å²) in [4.78, 5) is 68.3. The van der Waals surface area contributed by atoms with Crippen LogP contribution < -0.4 is 21.3 Å². The Balaban J connectivity index is 1.19. The highest BCUT2D eigenvalue weighted by molar-refractivity contribution is 7.92. The zero-order valence-corrected chi connectivity index (χ0v) is 31.0. The average molecular weight is 823 g/mol. The highest BCUT2D eigenvalue weighted by Gasteiger charge is 2.28. The van der Waals surface area contributed by atoms with Gasteiger partial charge in [-0.25, -0.2) is 55.1 Å². The number of nitrogens with zero attached hydrogens (tertiary/aromatic N) is 6. The molecule has 2 aromatic carbocycles. The number of aromatic nitrogens is 6. The minimum Gasteiger partial charge on any atom is -0.458 e. The van der Waals surface area contributed by atoms with Gasteiger partial charge in [-0.05, 0) is 41.5 Å². The van der Waals surface area contributed by atoms with E-state index in [1.54, 1.807) is 0 Å². The third kappa shape index (κ3) is 8.89. The Morgan fingerprint density at radius 3 is 2.28 bits per heavy atom. The van der Waals surface area contributed by atoms with E-state index in [2.05, 4.69) is 30.0 Å². The van der Waals surface area contributed by atoms with Gasteiger partial charge in [0.2, 0.25) is 0 Å². The van der Waals surface area contributed by atoms with Crippen molar-refractivity contribution >= 4 is 38.5 Å². The number of hydrogen-bond donors (Lipinski definition) is 2. The number of ether oxygens (including phenoxy) is 2. The van der Waals surface area contributed by atoms with Gasteiger partial charge < -0.3 is 14.8 Å². The summed E-state index contributed by atoms with van der Waals surface area (Å²) in [5, 5.41) is 2.30. The van der Waals surface area contributed by atoms with Crippen LogP contribution in [0.2, 0.25) is 0 Å². The first kappa shape index (κ1) is 40.8. The molecule has 21 heteroatoms. The lowest BCUT2D eigenvalue weighted by Gasteiger charge is -2.19. The van der Waals surface area contributed by atoms with E-state index in [0.29, 0.717) is 29.1 Å². The number of carbonyl (C=O) groups excluding carboxylic acids is 2. The van der Waals surface area contributed by atoms with Gasteiger partial charge in [0.25, 0.3) is 27.9 Å². The second kappa shape index (κ2) is 17.1. The van der Waals surface area contributed by atoms with Crippen molar-refractivity contribution in [3.63, 3.8) is 0 Å². The summed E-state index contributed by atoms with van der Waals surface area (Å²) in [6, 6.07) is 8.38. The van der Waals surface area contributed by atoms with Crippen LogP contribution in [-0.4, -0.2) is 75.5 Å². The predicted molar refractivity (Wildman–Crippen MR) is 198 cm³/mol. The number of halogens is 4. The zero-order valence-electron chi connectivity index (χ0n) is 30.2. The van der Waals surface area contributed by atoms with Crippen molar-refractivity contribution in [1.29, 1.82) is 0 Å². The van der Waals surface area contributed by atoms with Crippen LogP contribution in [-0.2, 0) is 44.4 Å². The molecule has 16 nitrogen and oxygen atoms in total. The molecule has 0 aliphatic heterocycles. The summed E-state index contributed by atoms with van der Waals surface area (Å²) in [5.74, 6) is -5.21. The van der Waals surface area contributed by atoms with Gasteiger partial charge in [0.1, 0.15) is 30.1 Å². The number of hydrogen-bond acceptors (Lipinski definition) is 12. The lowest BCUT2D eigenvalue weighted by atomic mass is 10.1. The molecule has 2 N–H and O–H groups in total. The van der Waals surface area contributed by atoms with Crippen molar-refractivity contribution in [3.8, 4) is 16.9 Å². The number of rotatable bonds is 14. The Kier molecular flexibility index (Phi) is 12.0. The number of nitrogens with one attached hydrogen (secondary N) is 2. The quantitative estimate of drug-likeness (QED) is 0.120. The minimum absolute atomic E-state index is 0.112.